The molecule has 0 aliphatic heterocycles. The van der Waals surface area contributed by atoms with E-state index in [1.54, 1.807) is 0 Å². The normalized spacial score (nSPS) is 16.9. The van der Waals surface area contributed by atoms with Crippen LogP contribution in [0, 0.1) is 0 Å². The van der Waals surface area contributed by atoms with Crippen LogP contribution in [0.2, 0.25) is 0 Å². The number of pyridine rings is 1. The molecule has 2 bridgehead atoms. The van der Waals surface area contributed by atoms with Gasteiger partial charge in [0.1, 0.15) is 0 Å². The Morgan fingerprint density at radius 3 is 2.53 bits per heavy atom. The van der Waals surface area contributed by atoms with Crippen LogP contribution in [0.1, 0.15) is 43.4 Å². The number of hydrogen-bond acceptors (Lipinski definition) is 1. The first kappa shape index (κ1) is 10.8. The van der Waals surface area contributed by atoms with Gasteiger partial charge in [-0.1, -0.05) is 37.5 Å². The van der Waals surface area contributed by atoms with Crippen LogP contribution in [0.15, 0.2) is 30.3 Å². The molecule has 0 saturated carbocycles. The highest BCUT2D eigenvalue weighted by atomic mass is 14.7. The van der Waals surface area contributed by atoms with Crippen LogP contribution < -0.4 is 0 Å². The standard InChI is InChI=1S/C16H19N/c1-2-4-8-13-12-14(9-5-3-1)17-16-11-7-6-10-15(13)16/h6-7,10-12H,1-5,8-9H2. The first-order valence-corrected chi connectivity index (χ1v) is 6.81. The fourth-order valence-corrected chi connectivity index (χ4v) is 2.80. The predicted molar refractivity (Wildman–Crippen MR) is 72.2 cm³/mol. The molecule has 0 fully saturated rings. The second-order valence-corrected chi connectivity index (χ2v) is 5.06. The number of benzene rings is 1. The van der Waals surface area contributed by atoms with Gasteiger partial charge < -0.3 is 0 Å². The summed E-state index contributed by atoms with van der Waals surface area (Å²) in [5.74, 6) is 0. The van der Waals surface area contributed by atoms with Crippen LogP contribution >= 0.6 is 0 Å². The highest BCUT2D eigenvalue weighted by Crippen LogP contribution is 2.23. The summed E-state index contributed by atoms with van der Waals surface area (Å²) >= 11 is 0. The first-order valence-electron chi connectivity index (χ1n) is 6.81. The molecule has 17 heavy (non-hydrogen) atoms. The quantitative estimate of drug-likeness (QED) is 0.652. The Bertz CT molecular complexity index is 516. The highest BCUT2D eigenvalue weighted by Gasteiger charge is 2.07. The summed E-state index contributed by atoms with van der Waals surface area (Å²) in [6.07, 6.45) is 9.13. The van der Waals surface area contributed by atoms with Gasteiger partial charge in [-0.05, 0) is 43.4 Å². The van der Waals surface area contributed by atoms with Crippen molar-refractivity contribution in [1.29, 1.82) is 0 Å². The van der Waals surface area contributed by atoms with E-state index in [0.29, 0.717) is 0 Å². The lowest BCUT2D eigenvalue weighted by Crippen LogP contribution is -1.98. The Balaban J connectivity index is 2.09. The van der Waals surface area contributed by atoms with E-state index in [9.17, 15) is 0 Å². The Kier molecular flexibility index (Phi) is 3.08. The lowest BCUT2D eigenvalue weighted by Gasteiger charge is -2.12. The molecule has 1 aliphatic rings. The van der Waals surface area contributed by atoms with Gasteiger partial charge in [-0.25, -0.2) is 0 Å². The summed E-state index contributed by atoms with van der Waals surface area (Å²) in [4.78, 5) is 4.78. The Hall–Kier alpha value is -1.37. The van der Waals surface area contributed by atoms with E-state index in [4.69, 9.17) is 4.98 Å². The summed E-state index contributed by atoms with van der Waals surface area (Å²) in [5.41, 5.74) is 3.98. The van der Waals surface area contributed by atoms with Gasteiger partial charge >= 0.3 is 0 Å². The van der Waals surface area contributed by atoms with E-state index in [0.717, 1.165) is 6.42 Å². The molecule has 1 heterocycles. The highest BCUT2D eigenvalue weighted by molar-refractivity contribution is 5.82. The van der Waals surface area contributed by atoms with Gasteiger partial charge in [0, 0.05) is 11.1 Å². The molecule has 1 aromatic heterocycles. The lowest BCUT2D eigenvalue weighted by atomic mass is 9.97. The topological polar surface area (TPSA) is 12.9 Å². The number of hydrogen-bond donors (Lipinski definition) is 0. The molecular weight excluding hydrogens is 206 g/mol. The summed E-state index contributed by atoms with van der Waals surface area (Å²) in [5, 5.41) is 1.36. The molecule has 3 rings (SSSR count). The molecular formula is C16H19N. The van der Waals surface area contributed by atoms with E-state index < -0.39 is 0 Å². The number of nitrogens with zero attached hydrogens (tertiary/aromatic N) is 1. The molecule has 1 aliphatic carbocycles. The third-order valence-corrected chi connectivity index (χ3v) is 3.73. The monoisotopic (exact) mass is 225 g/mol. The molecule has 0 atom stereocenters. The maximum atomic E-state index is 4.78. The van der Waals surface area contributed by atoms with Gasteiger partial charge in [0.25, 0.3) is 0 Å². The van der Waals surface area contributed by atoms with Gasteiger partial charge in [0.15, 0.2) is 0 Å². The zero-order valence-corrected chi connectivity index (χ0v) is 10.3. The maximum absolute atomic E-state index is 4.78. The summed E-state index contributed by atoms with van der Waals surface area (Å²) in [6, 6.07) is 10.9. The number of aromatic nitrogens is 1. The fraction of sp³-hybridized carbons (Fsp3) is 0.438. The van der Waals surface area contributed by atoms with Crippen molar-refractivity contribution >= 4 is 10.9 Å². The first-order chi connectivity index (χ1) is 8.43. The van der Waals surface area contributed by atoms with Gasteiger partial charge in [0.05, 0.1) is 5.52 Å². The van der Waals surface area contributed by atoms with Crippen molar-refractivity contribution in [2.75, 3.05) is 0 Å². The van der Waals surface area contributed by atoms with Crippen molar-refractivity contribution < 1.29 is 0 Å². The molecule has 0 N–H and O–H groups in total. The van der Waals surface area contributed by atoms with Crippen LogP contribution in [0.3, 0.4) is 0 Å². The second-order valence-electron chi connectivity index (χ2n) is 5.06. The van der Waals surface area contributed by atoms with Crippen molar-refractivity contribution in [3.63, 3.8) is 0 Å². The Morgan fingerprint density at radius 1 is 0.824 bits per heavy atom. The van der Waals surface area contributed by atoms with Crippen molar-refractivity contribution in [2.24, 2.45) is 0 Å². The molecule has 0 spiro atoms. The largest absolute Gasteiger partial charge is 0.253 e. The average Bonchev–Trinajstić information content (AvgIpc) is 2.37. The number of rotatable bonds is 0. The molecule has 0 saturated heterocycles. The van der Waals surface area contributed by atoms with Gasteiger partial charge in [0.2, 0.25) is 0 Å². The minimum atomic E-state index is 1.15. The molecule has 1 aromatic carbocycles. The zero-order valence-electron chi connectivity index (χ0n) is 10.3. The van der Waals surface area contributed by atoms with Crippen LogP contribution in [-0.2, 0) is 12.8 Å². The van der Waals surface area contributed by atoms with E-state index in [1.165, 1.54) is 60.7 Å². The van der Waals surface area contributed by atoms with E-state index in [1.807, 2.05) is 0 Å². The number of fused-ring (bicyclic) bond motifs is 4. The van der Waals surface area contributed by atoms with Crippen molar-refractivity contribution in [2.45, 2.75) is 44.9 Å². The number of aryl methyl sites for hydroxylation is 2. The molecule has 1 nitrogen and oxygen atoms in total. The minimum Gasteiger partial charge on any atom is -0.253 e. The average molecular weight is 225 g/mol. The van der Waals surface area contributed by atoms with Crippen molar-refractivity contribution in [1.82, 2.24) is 4.98 Å². The molecule has 0 amide bonds. The SMILES string of the molecule is c1ccc2c3cc(nc2c1)CCCCCCC3. The minimum absolute atomic E-state index is 1.15. The number of para-hydroxylation sites is 1. The van der Waals surface area contributed by atoms with Gasteiger partial charge in [-0.2, -0.15) is 0 Å². The lowest BCUT2D eigenvalue weighted by molar-refractivity contribution is 0.605. The smallest absolute Gasteiger partial charge is 0.0708 e. The maximum Gasteiger partial charge on any atom is 0.0708 e. The molecule has 0 unspecified atom stereocenters. The van der Waals surface area contributed by atoms with E-state index >= 15 is 0 Å². The van der Waals surface area contributed by atoms with E-state index in [2.05, 4.69) is 30.3 Å². The summed E-state index contributed by atoms with van der Waals surface area (Å²) in [6.45, 7) is 0. The van der Waals surface area contributed by atoms with Crippen molar-refractivity contribution in [3.8, 4) is 0 Å². The molecule has 0 radical (unpaired) electrons. The van der Waals surface area contributed by atoms with E-state index in [-0.39, 0.29) is 0 Å². The van der Waals surface area contributed by atoms with Crippen LogP contribution in [0.25, 0.3) is 10.9 Å². The van der Waals surface area contributed by atoms with Crippen molar-refractivity contribution in [3.05, 3.63) is 41.6 Å². The van der Waals surface area contributed by atoms with Crippen LogP contribution in [0.4, 0.5) is 0 Å². The summed E-state index contributed by atoms with van der Waals surface area (Å²) in [7, 11) is 0. The Morgan fingerprint density at radius 2 is 1.59 bits per heavy atom. The Labute approximate surface area is 103 Å². The van der Waals surface area contributed by atoms with Crippen LogP contribution in [-0.4, -0.2) is 4.98 Å². The van der Waals surface area contributed by atoms with Gasteiger partial charge in [-0.3, -0.25) is 4.98 Å². The fourth-order valence-electron chi connectivity index (χ4n) is 2.80. The predicted octanol–water partition coefficient (Wildman–Crippen LogP) is 4.28. The molecule has 1 heteroatoms. The summed E-state index contributed by atoms with van der Waals surface area (Å²) < 4.78 is 0. The zero-order chi connectivity index (χ0) is 11.5. The second kappa shape index (κ2) is 4.87. The van der Waals surface area contributed by atoms with Crippen LogP contribution in [0.5, 0.6) is 0 Å². The third-order valence-electron chi connectivity index (χ3n) is 3.73. The molecule has 88 valence electrons. The van der Waals surface area contributed by atoms with Gasteiger partial charge in [-0.15, -0.1) is 0 Å². The molecule has 2 aromatic rings. The third kappa shape index (κ3) is 2.33.